The molecule has 7 heteroatoms. The minimum absolute atomic E-state index is 0.0882. The lowest BCUT2D eigenvalue weighted by atomic mass is 9.95. The summed E-state index contributed by atoms with van der Waals surface area (Å²) in [6.07, 6.45) is 2.76. The third-order valence-electron chi connectivity index (χ3n) is 6.65. The molecule has 5 rings (SSSR count). The van der Waals surface area contributed by atoms with Gasteiger partial charge in [-0.15, -0.1) is 0 Å². The van der Waals surface area contributed by atoms with Crippen LogP contribution in [0.2, 0.25) is 0 Å². The Hall–Kier alpha value is -3.87. The molecule has 7 nitrogen and oxygen atoms in total. The number of nitrogens with zero attached hydrogens (tertiary/aromatic N) is 3. The summed E-state index contributed by atoms with van der Waals surface area (Å²) in [6.45, 7) is 0.680. The molecule has 1 fully saturated rings. The van der Waals surface area contributed by atoms with Crippen LogP contribution in [0.5, 0.6) is 0 Å². The number of hydrogen-bond acceptors (Lipinski definition) is 4. The van der Waals surface area contributed by atoms with Gasteiger partial charge in [-0.25, -0.2) is 0 Å². The zero-order valence-corrected chi connectivity index (χ0v) is 19.5. The van der Waals surface area contributed by atoms with Gasteiger partial charge >= 0.3 is 0 Å². The summed E-state index contributed by atoms with van der Waals surface area (Å²) in [4.78, 5) is 44.5. The largest absolute Gasteiger partial charge is 0.358 e. The molecule has 0 aliphatic carbocycles. The Morgan fingerprint density at radius 3 is 2.62 bits per heavy atom. The van der Waals surface area contributed by atoms with E-state index in [1.165, 1.54) is 4.90 Å². The average Bonchev–Trinajstić information content (AvgIpc) is 2.86. The van der Waals surface area contributed by atoms with Crippen LogP contribution in [0.25, 0.3) is 10.8 Å². The van der Waals surface area contributed by atoms with E-state index in [-0.39, 0.29) is 30.3 Å². The molecule has 0 aromatic heterocycles. The van der Waals surface area contributed by atoms with Crippen LogP contribution in [0.3, 0.4) is 0 Å². The number of rotatable bonds is 4. The number of amides is 3. The quantitative estimate of drug-likeness (QED) is 0.647. The van der Waals surface area contributed by atoms with Crippen molar-refractivity contribution in [3.05, 3.63) is 66.2 Å². The number of hydrogen-bond donors (Lipinski definition) is 1. The van der Waals surface area contributed by atoms with Gasteiger partial charge in [0.05, 0.1) is 11.4 Å². The summed E-state index contributed by atoms with van der Waals surface area (Å²) >= 11 is 0. The Bertz CT molecular complexity index is 1280. The first-order valence-corrected chi connectivity index (χ1v) is 11.7. The molecule has 0 bridgehead atoms. The van der Waals surface area contributed by atoms with E-state index in [0.29, 0.717) is 16.9 Å². The maximum atomic E-state index is 13.5. The van der Waals surface area contributed by atoms with Crippen LogP contribution < -0.4 is 15.1 Å². The summed E-state index contributed by atoms with van der Waals surface area (Å²) < 4.78 is 0. The standard InChI is InChI=1S/C27H28N4O3/c1-29(2)26(33)19-13-14-22-24(16-19)31(27(34)23-12-5-6-15-30(22)23)17-25(32)28-21-11-7-9-18-8-3-4-10-20(18)21/h3-4,7-11,13-14,16,23H,5-6,12,15,17H2,1-2H3,(H,28,32)/t23-/m0/s1. The van der Waals surface area contributed by atoms with Crippen molar-refractivity contribution in [2.75, 3.05) is 42.3 Å². The van der Waals surface area contributed by atoms with Gasteiger partial charge in [0, 0.05) is 37.3 Å². The van der Waals surface area contributed by atoms with Gasteiger partial charge in [0.1, 0.15) is 12.6 Å². The Morgan fingerprint density at radius 1 is 1.00 bits per heavy atom. The van der Waals surface area contributed by atoms with E-state index in [4.69, 9.17) is 0 Å². The maximum Gasteiger partial charge on any atom is 0.253 e. The molecule has 2 aliphatic rings. The van der Waals surface area contributed by atoms with E-state index in [1.807, 2.05) is 48.5 Å². The van der Waals surface area contributed by atoms with Crippen LogP contribution in [-0.4, -0.2) is 55.8 Å². The lowest BCUT2D eigenvalue weighted by molar-refractivity contribution is -0.123. The lowest BCUT2D eigenvalue weighted by Crippen LogP contribution is -2.56. The summed E-state index contributed by atoms with van der Waals surface area (Å²) in [5, 5.41) is 4.97. The first-order chi connectivity index (χ1) is 16.4. The molecule has 3 amide bonds. The van der Waals surface area contributed by atoms with Gasteiger partial charge < -0.3 is 15.1 Å². The van der Waals surface area contributed by atoms with E-state index >= 15 is 0 Å². The fourth-order valence-corrected chi connectivity index (χ4v) is 4.98. The number of piperidine rings is 1. The number of carbonyl (C=O) groups excluding carboxylic acids is 3. The highest BCUT2D eigenvalue weighted by atomic mass is 16.2. The van der Waals surface area contributed by atoms with Gasteiger partial charge in [-0.2, -0.15) is 0 Å². The zero-order chi connectivity index (χ0) is 23.8. The molecule has 0 radical (unpaired) electrons. The molecule has 3 aromatic carbocycles. The number of carbonyl (C=O) groups is 3. The Kier molecular flexibility index (Phi) is 5.69. The second-order valence-electron chi connectivity index (χ2n) is 9.11. The summed E-state index contributed by atoms with van der Waals surface area (Å²) in [5.41, 5.74) is 2.72. The predicted octanol–water partition coefficient (Wildman–Crippen LogP) is 3.89. The molecule has 2 aliphatic heterocycles. The fraction of sp³-hybridized carbons (Fsp3) is 0.296. The molecular weight excluding hydrogens is 428 g/mol. The smallest absolute Gasteiger partial charge is 0.253 e. The highest BCUT2D eigenvalue weighted by Gasteiger charge is 2.40. The summed E-state index contributed by atoms with van der Waals surface area (Å²) in [5.74, 6) is -0.504. The van der Waals surface area contributed by atoms with Crippen LogP contribution in [0.15, 0.2) is 60.7 Å². The molecule has 34 heavy (non-hydrogen) atoms. The van der Waals surface area contributed by atoms with Gasteiger partial charge in [0.25, 0.3) is 5.91 Å². The third kappa shape index (κ3) is 3.87. The van der Waals surface area contributed by atoms with Crippen molar-refractivity contribution >= 4 is 45.6 Å². The first kappa shape index (κ1) is 21.9. The molecule has 0 spiro atoms. The molecule has 0 saturated carbocycles. The van der Waals surface area contributed by atoms with Crippen LogP contribution >= 0.6 is 0 Å². The average molecular weight is 457 g/mol. The fourth-order valence-electron chi connectivity index (χ4n) is 4.98. The van der Waals surface area contributed by atoms with Crippen LogP contribution in [0.1, 0.15) is 29.6 Å². The molecule has 1 saturated heterocycles. The molecular formula is C27H28N4O3. The molecule has 174 valence electrons. The third-order valence-corrected chi connectivity index (χ3v) is 6.65. The molecule has 3 aromatic rings. The second-order valence-corrected chi connectivity index (χ2v) is 9.11. The predicted molar refractivity (Wildman–Crippen MR) is 134 cm³/mol. The molecule has 1 N–H and O–H groups in total. The minimum Gasteiger partial charge on any atom is -0.358 e. The number of anilines is 3. The monoisotopic (exact) mass is 456 g/mol. The molecule has 1 atom stereocenters. The van der Waals surface area contributed by atoms with E-state index in [1.54, 1.807) is 31.1 Å². The van der Waals surface area contributed by atoms with Crippen molar-refractivity contribution in [2.45, 2.75) is 25.3 Å². The normalized spacial score (nSPS) is 17.2. The zero-order valence-electron chi connectivity index (χ0n) is 19.5. The van der Waals surface area contributed by atoms with Crippen molar-refractivity contribution in [3.63, 3.8) is 0 Å². The summed E-state index contributed by atoms with van der Waals surface area (Å²) in [7, 11) is 3.39. The molecule has 2 heterocycles. The Labute approximate surface area is 198 Å². The Morgan fingerprint density at radius 2 is 1.79 bits per heavy atom. The maximum absolute atomic E-state index is 13.5. The Balaban J connectivity index is 1.48. The van der Waals surface area contributed by atoms with Crippen molar-refractivity contribution in [2.24, 2.45) is 0 Å². The number of fused-ring (bicyclic) bond motifs is 4. The lowest BCUT2D eigenvalue weighted by Gasteiger charge is -2.45. The van der Waals surface area contributed by atoms with Gasteiger partial charge in [-0.1, -0.05) is 36.4 Å². The van der Waals surface area contributed by atoms with Crippen molar-refractivity contribution in [1.82, 2.24) is 4.90 Å². The van der Waals surface area contributed by atoms with E-state index in [0.717, 1.165) is 42.3 Å². The van der Waals surface area contributed by atoms with Gasteiger partial charge in [-0.3, -0.25) is 19.3 Å². The summed E-state index contributed by atoms with van der Waals surface area (Å²) in [6, 6.07) is 18.8. The number of nitrogens with one attached hydrogen (secondary N) is 1. The van der Waals surface area contributed by atoms with E-state index in [2.05, 4.69) is 10.2 Å². The van der Waals surface area contributed by atoms with E-state index in [9.17, 15) is 14.4 Å². The second kappa shape index (κ2) is 8.82. The highest BCUT2D eigenvalue weighted by Crippen LogP contribution is 2.40. The van der Waals surface area contributed by atoms with Gasteiger partial charge in [0.2, 0.25) is 11.8 Å². The van der Waals surface area contributed by atoms with Crippen molar-refractivity contribution in [1.29, 1.82) is 0 Å². The van der Waals surface area contributed by atoms with E-state index < -0.39 is 0 Å². The number of benzene rings is 3. The van der Waals surface area contributed by atoms with Gasteiger partial charge in [-0.05, 0) is 48.9 Å². The van der Waals surface area contributed by atoms with Gasteiger partial charge in [0.15, 0.2) is 0 Å². The highest BCUT2D eigenvalue weighted by molar-refractivity contribution is 6.12. The SMILES string of the molecule is CN(C)C(=O)c1ccc2c(c1)N(CC(=O)Nc1cccc3ccccc13)C(=O)[C@@H]1CCCCN21. The topological polar surface area (TPSA) is 73.0 Å². The van der Waals surface area contributed by atoms with Crippen LogP contribution in [0.4, 0.5) is 17.1 Å². The van der Waals surface area contributed by atoms with Crippen LogP contribution in [0, 0.1) is 0 Å². The van der Waals surface area contributed by atoms with Crippen molar-refractivity contribution in [3.8, 4) is 0 Å². The van der Waals surface area contributed by atoms with Crippen LogP contribution in [-0.2, 0) is 9.59 Å². The minimum atomic E-state index is -0.276. The first-order valence-electron chi connectivity index (χ1n) is 11.7. The van der Waals surface area contributed by atoms with Crippen molar-refractivity contribution < 1.29 is 14.4 Å². The molecule has 0 unspecified atom stereocenters.